The van der Waals surface area contributed by atoms with Crippen LogP contribution in [0.15, 0.2) is 6.33 Å². The first kappa shape index (κ1) is 17.5. The van der Waals surface area contributed by atoms with E-state index in [1.54, 1.807) is 13.4 Å². The lowest BCUT2D eigenvalue weighted by molar-refractivity contribution is 0.273. The number of anilines is 2. The summed E-state index contributed by atoms with van der Waals surface area (Å²) in [5, 5.41) is 6.59. The van der Waals surface area contributed by atoms with Crippen LogP contribution in [0.4, 0.5) is 11.6 Å². The SMILES string of the molecule is CCCNc1ncnc(NCCCN(C)C(C)C)c1OC. The molecule has 2 N–H and O–H groups in total. The second kappa shape index (κ2) is 9.39. The van der Waals surface area contributed by atoms with E-state index < -0.39 is 0 Å². The van der Waals surface area contributed by atoms with Crippen LogP contribution in [0.3, 0.4) is 0 Å². The van der Waals surface area contributed by atoms with Crippen molar-refractivity contribution in [1.82, 2.24) is 14.9 Å². The third kappa shape index (κ3) is 5.75. The molecule has 0 spiro atoms. The zero-order chi connectivity index (χ0) is 15.7. The third-order valence-electron chi connectivity index (χ3n) is 3.41. The first-order chi connectivity index (χ1) is 10.1. The van der Waals surface area contributed by atoms with Crippen LogP contribution >= 0.6 is 0 Å². The Labute approximate surface area is 128 Å². The van der Waals surface area contributed by atoms with E-state index >= 15 is 0 Å². The number of ether oxygens (including phenoxy) is 1. The highest BCUT2D eigenvalue weighted by Gasteiger charge is 2.11. The van der Waals surface area contributed by atoms with E-state index in [0.29, 0.717) is 11.8 Å². The Bertz CT molecular complexity index is 411. The highest BCUT2D eigenvalue weighted by Crippen LogP contribution is 2.28. The average molecular weight is 295 g/mol. The van der Waals surface area contributed by atoms with Crippen molar-refractivity contribution in [2.45, 2.75) is 39.7 Å². The lowest BCUT2D eigenvalue weighted by Gasteiger charge is -2.21. The predicted octanol–water partition coefficient (Wildman–Crippen LogP) is 2.45. The standard InChI is InChI=1S/C15H29N5O/c1-6-8-16-14-13(21-5)15(19-11-18-14)17-9-7-10-20(4)12(2)3/h11-12H,6-10H2,1-5H3,(H2,16,17,18,19). The highest BCUT2D eigenvalue weighted by atomic mass is 16.5. The molecule has 120 valence electrons. The van der Waals surface area contributed by atoms with Crippen molar-refractivity contribution in [2.24, 2.45) is 0 Å². The summed E-state index contributed by atoms with van der Waals surface area (Å²) in [6, 6.07) is 0.573. The topological polar surface area (TPSA) is 62.3 Å². The molecule has 0 saturated carbocycles. The number of rotatable bonds is 10. The molecule has 0 atom stereocenters. The maximum absolute atomic E-state index is 5.43. The minimum absolute atomic E-state index is 0.573. The van der Waals surface area contributed by atoms with Crippen molar-refractivity contribution >= 4 is 11.6 Å². The van der Waals surface area contributed by atoms with E-state index in [1.165, 1.54) is 0 Å². The molecule has 6 heteroatoms. The van der Waals surface area contributed by atoms with Gasteiger partial charge in [0.05, 0.1) is 7.11 Å². The first-order valence-electron chi connectivity index (χ1n) is 7.67. The van der Waals surface area contributed by atoms with E-state index in [9.17, 15) is 0 Å². The number of nitrogens with zero attached hydrogens (tertiary/aromatic N) is 3. The summed E-state index contributed by atoms with van der Waals surface area (Å²) >= 11 is 0. The molecule has 1 aromatic heterocycles. The largest absolute Gasteiger partial charge is 0.490 e. The minimum atomic E-state index is 0.573. The molecule has 0 fully saturated rings. The Morgan fingerprint density at radius 1 is 1.19 bits per heavy atom. The third-order valence-corrected chi connectivity index (χ3v) is 3.41. The Balaban J connectivity index is 2.54. The number of methoxy groups -OCH3 is 1. The Hall–Kier alpha value is -1.56. The first-order valence-corrected chi connectivity index (χ1v) is 7.67. The minimum Gasteiger partial charge on any atom is -0.490 e. The van der Waals surface area contributed by atoms with Crippen LogP contribution in [-0.4, -0.2) is 54.7 Å². The molecule has 0 aliphatic rings. The lowest BCUT2D eigenvalue weighted by atomic mass is 10.3. The van der Waals surface area contributed by atoms with Gasteiger partial charge in [0, 0.05) is 19.1 Å². The fourth-order valence-corrected chi connectivity index (χ4v) is 1.86. The molecule has 0 radical (unpaired) electrons. The molecule has 0 saturated heterocycles. The molecule has 21 heavy (non-hydrogen) atoms. The van der Waals surface area contributed by atoms with Gasteiger partial charge in [-0.3, -0.25) is 0 Å². The normalized spacial score (nSPS) is 11.0. The van der Waals surface area contributed by atoms with Crippen LogP contribution in [0.25, 0.3) is 0 Å². The molecule has 6 nitrogen and oxygen atoms in total. The summed E-state index contributed by atoms with van der Waals surface area (Å²) in [6.45, 7) is 9.30. The summed E-state index contributed by atoms with van der Waals surface area (Å²) in [5.41, 5.74) is 0. The van der Waals surface area contributed by atoms with Crippen LogP contribution in [0.5, 0.6) is 5.75 Å². The van der Waals surface area contributed by atoms with E-state index in [-0.39, 0.29) is 0 Å². The van der Waals surface area contributed by atoms with E-state index in [2.05, 4.69) is 53.3 Å². The van der Waals surface area contributed by atoms with Gasteiger partial charge in [0.15, 0.2) is 11.6 Å². The van der Waals surface area contributed by atoms with Crippen LogP contribution in [0, 0.1) is 0 Å². The Morgan fingerprint density at radius 3 is 2.33 bits per heavy atom. The average Bonchev–Trinajstić information content (AvgIpc) is 2.48. The van der Waals surface area contributed by atoms with Crippen LogP contribution in [0.2, 0.25) is 0 Å². The Morgan fingerprint density at radius 2 is 1.81 bits per heavy atom. The smallest absolute Gasteiger partial charge is 0.204 e. The molecule has 0 bridgehead atoms. The van der Waals surface area contributed by atoms with Gasteiger partial charge in [0.25, 0.3) is 0 Å². The van der Waals surface area contributed by atoms with Gasteiger partial charge in [-0.25, -0.2) is 9.97 Å². The van der Waals surface area contributed by atoms with Crippen LogP contribution < -0.4 is 15.4 Å². The van der Waals surface area contributed by atoms with Crippen molar-refractivity contribution in [3.63, 3.8) is 0 Å². The maximum atomic E-state index is 5.43. The van der Waals surface area contributed by atoms with Gasteiger partial charge in [-0.1, -0.05) is 6.92 Å². The van der Waals surface area contributed by atoms with Gasteiger partial charge in [0.2, 0.25) is 5.75 Å². The summed E-state index contributed by atoms with van der Waals surface area (Å²) in [4.78, 5) is 10.8. The van der Waals surface area contributed by atoms with Gasteiger partial charge in [0.1, 0.15) is 6.33 Å². The molecule has 1 rings (SSSR count). The molecule has 0 aliphatic heterocycles. The van der Waals surface area contributed by atoms with Crippen molar-refractivity contribution < 1.29 is 4.74 Å². The monoisotopic (exact) mass is 295 g/mol. The van der Waals surface area contributed by atoms with Gasteiger partial charge in [-0.15, -0.1) is 0 Å². The molecule has 0 amide bonds. The second-order valence-corrected chi connectivity index (χ2v) is 5.39. The van der Waals surface area contributed by atoms with Crippen LogP contribution in [0.1, 0.15) is 33.6 Å². The van der Waals surface area contributed by atoms with E-state index in [4.69, 9.17) is 4.74 Å². The fourth-order valence-electron chi connectivity index (χ4n) is 1.86. The summed E-state index contributed by atoms with van der Waals surface area (Å²) in [7, 11) is 3.79. The number of hydrogen-bond acceptors (Lipinski definition) is 6. The van der Waals surface area contributed by atoms with Gasteiger partial charge < -0.3 is 20.3 Å². The lowest BCUT2D eigenvalue weighted by Crippen LogP contribution is -2.28. The van der Waals surface area contributed by atoms with Crippen molar-refractivity contribution in [3.8, 4) is 5.75 Å². The summed E-state index contributed by atoms with van der Waals surface area (Å²) in [5.74, 6) is 2.18. The van der Waals surface area contributed by atoms with E-state index in [1.807, 2.05) is 0 Å². The zero-order valence-electron chi connectivity index (χ0n) is 13.9. The number of nitrogens with one attached hydrogen (secondary N) is 2. The zero-order valence-corrected chi connectivity index (χ0v) is 13.9. The molecule has 0 aromatic carbocycles. The molecule has 1 aromatic rings. The number of hydrogen-bond donors (Lipinski definition) is 2. The molecular formula is C15H29N5O. The van der Waals surface area contributed by atoms with Gasteiger partial charge in [-0.05, 0) is 40.3 Å². The summed E-state index contributed by atoms with van der Waals surface area (Å²) < 4.78 is 5.43. The maximum Gasteiger partial charge on any atom is 0.204 e. The molecule has 1 heterocycles. The quantitative estimate of drug-likeness (QED) is 0.647. The number of aromatic nitrogens is 2. The molecular weight excluding hydrogens is 266 g/mol. The second-order valence-electron chi connectivity index (χ2n) is 5.39. The van der Waals surface area contributed by atoms with Gasteiger partial charge >= 0.3 is 0 Å². The van der Waals surface area contributed by atoms with Crippen LogP contribution in [-0.2, 0) is 0 Å². The summed E-state index contributed by atoms with van der Waals surface area (Å²) in [6.07, 6.45) is 3.65. The molecule has 0 unspecified atom stereocenters. The fraction of sp³-hybridized carbons (Fsp3) is 0.733. The predicted molar refractivity (Wildman–Crippen MR) is 88.2 cm³/mol. The van der Waals surface area contributed by atoms with Crippen molar-refractivity contribution in [3.05, 3.63) is 6.33 Å². The Kier molecular flexibility index (Phi) is 7.82. The van der Waals surface area contributed by atoms with Gasteiger partial charge in [-0.2, -0.15) is 0 Å². The van der Waals surface area contributed by atoms with Crippen molar-refractivity contribution in [1.29, 1.82) is 0 Å². The highest BCUT2D eigenvalue weighted by molar-refractivity contribution is 5.63. The molecule has 0 aliphatic carbocycles. The van der Waals surface area contributed by atoms with Crippen molar-refractivity contribution in [2.75, 3.05) is 44.4 Å². The van der Waals surface area contributed by atoms with E-state index in [0.717, 1.165) is 44.1 Å².